The number of aryl methyl sites for hydroxylation is 1. The van der Waals surface area contributed by atoms with Crippen LogP contribution in [0.3, 0.4) is 0 Å². The number of Topliss-reactive ketones (excluding diaryl/α,β-unsaturated/α-hetero) is 1. The van der Waals surface area contributed by atoms with E-state index in [0.29, 0.717) is 29.1 Å². The van der Waals surface area contributed by atoms with Gasteiger partial charge in [0.2, 0.25) is 5.78 Å². The van der Waals surface area contributed by atoms with Crippen LogP contribution in [0.15, 0.2) is 53.3 Å². The van der Waals surface area contributed by atoms with E-state index in [1.54, 1.807) is 25.2 Å². The van der Waals surface area contributed by atoms with E-state index in [4.69, 9.17) is 0 Å². The summed E-state index contributed by atoms with van der Waals surface area (Å²) in [6.45, 7) is 1.95. The van der Waals surface area contributed by atoms with Crippen molar-refractivity contribution in [3.05, 3.63) is 70.3 Å². The minimum Gasteiger partial charge on any atom is -0.378 e. The van der Waals surface area contributed by atoms with E-state index in [9.17, 15) is 9.59 Å². The average molecular weight is 347 g/mol. The number of hydrogen-bond donors (Lipinski definition) is 1. The van der Waals surface area contributed by atoms with Crippen molar-refractivity contribution in [3.8, 4) is 0 Å². The molecule has 4 rings (SSSR count). The first-order valence-corrected chi connectivity index (χ1v) is 8.23. The van der Waals surface area contributed by atoms with E-state index in [1.807, 2.05) is 34.7 Å². The number of rotatable bonds is 4. The summed E-state index contributed by atoms with van der Waals surface area (Å²) in [6.07, 6.45) is 0. The first-order valence-electron chi connectivity index (χ1n) is 8.23. The molecule has 2 aromatic heterocycles. The third kappa shape index (κ3) is 2.54. The largest absolute Gasteiger partial charge is 0.378 e. The number of hydrogen-bond acceptors (Lipinski definition) is 5. The van der Waals surface area contributed by atoms with Gasteiger partial charge < -0.3 is 5.32 Å². The fraction of sp³-hybridized carbons (Fsp3) is 0.158. The molecule has 0 saturated heterocycles. The lowest BCUT2D eigenvalue weighted by Crippen LogP contribution is -2.20. The lowest BCUT2D eigenvalue weighted by molar-refractivity contribution is 0.101. The Morgan fingerprint density at radius 3 is 2.73 bits per heavy atom. The molecule has 0 saturated carbocycles. The average Bonchev–Trinajstić information content (AvgIpc) is 3.09. The van der Waals surface area contributed by atoms with Crippen LogP contribution < -0.4 is 10.9 Å². The van der Waals surface area contributed by atoms with Crippen LogP contribution in [0.5, 0.6) is 0 Å². The van der Waals surface area contributed by atoms with Gasteiger partial charge in [0.1, 0.15) is 0 Å². The SMILES string of the molecule is CC(=O)c1cccc(NCc2nnc3n(C)c(=O)c4ccccc4n23)c1. The normalized spacial score (nSPS) is 11.2. The molecule has 0 aliphatic carbocycles. The number of nitrogens with zero attached hydrogens (tertiary/aromatic N) is 4. The Morgan fingerprint density at radius 2 is 1.92 bits per heavy atom. The number of carbonyl (C=O) groups excluding carboxylic acids is 1. The van der Waals surface area contributed by atoms with Crippen molar-refractivity contribution in [2.75, 3.05) is 5.32 Å². The van der Waals surface area contributed by atoms with Gasteiger partial charge in [0.15, 0.2) is 11.6 Å². The minimum absolute atomic E-state index is 0.0163. The van der Waals surface area contributed by atoms with Gasteiger partial charge in [-0.3, -0.25) is 18.6 Å². The topological polar surface area (TPSA) is 81.3 Å². The fourth-order valence-electron chi connectivity index (χ4n) is 3.04. The van der Waals surface area contributed by atoms with Crippen LogP contribution in [0.2, 0.25) is 0 Å². The van der Waals surface area contributed by atoms with E-state index in [0.717, 1.165) is 11.2 Å². The number of aromatic nitrogens is 4. The first kappa shape index (κ1) is 16.0. The van der Waals surface area contributed by atoms with Crippen molar-refractivity contribution >= 4 is 28.2 Å². The molecule has 0 unspecified atom stereocenters. The van der Waals surface area contributed by atoms with Gasteiger partial charge >= 0.3 is 0 Å². The van der Waals surface area contributed by atoms with Gasteiger partial charge in [0, 0.05) is 18.3 Å². The zero-order valence-electron chi connectivity index (χ0n) is 14.4. The highest BCUT2D eigenvalue weighted by Gasteiger charge is 2.14. The summed E-state index contributed by atoms with van der Waals surface area (Å²) in [5.41, 5.74) is 2.14. The molecule has 7 nitrogen and oxygen atoms in total. The minimum atomic E-state index is -0.103. The first-order chi connectivity index (χ1) is 12.6. The second kappa shape index (κ2) is 6.11. The Bertz CT molecular complexity index is 1210. The van der Waals surface area contributed by atoms with Crippen LogP contribution in [0.1, 0.15) is 23.1 Å². The molecule has 0 amide bonds. The van der Waals surface area contributed by atoms with Crippen LogP contribution >= 0.6 is 0 Å². The predicted octanol–water partition coefficient (Wildman–Crippen LogP) is 2.40. The molecule has 130 valence electrons. The second-order valence-corrected chi connectivity index (χ2v) is 6.12. The Balaban J connectivity index is 1.77. The highest BCUT2D eigenvalue weighted by molar-refractivity contribution is 5.94. The summed E-state index contributed by atoms with van der Waals surface area (Å²) in [6, 6.07) is 14.7. The molecule has 26 heavy (non-hydrogen) atoms. The van der Waals surface area contributed by atoms with Gasteiger partial charge in [-0.05, 0) is 31.2 Å². The molecule has 0 atom stereocenters. The van der Waals surface area contributed by atoms with Crippen LogP contribution in [0.4, 0.5) is 5.69 Å². The van der Waals surface area contributed by atoms with Crippen LogP contribution in [0, 0.1) is 0 Å². The molecular weight excluding hydrogens is 330 g/mol. The summed E-state index contributed by atoms with van der Waals surface area (Å²) in [5, 5.41) is 12.3. The number of para-hydroxylation sites is 1. The lowest BCUT2D eigenvalue weighted by Gasteiger charge is -2.09. The number of nitrogens with one attached hydrogen (secondary N) is 1. The monoisotopic (exact) mass is 347 g/mol. The van der Waals surface area contributed by atoms with E-state index in [-0.39, 0.29) is 11.3 Å². The fourth-order valence-corrected chi connectivity index (χ4v) is 3.04. The highest BCUT2D eigenvalue weighted by Crippen LogP contribution is 2.16. The number of carbonyl (C=O) groups is 1. The summed E-state index contributed by atoms with van der Waals surface area (Å²) < 4.78 is 3.37. The van der Waals surface area contributed by atoms with Crippen molar-refractivity contribution in [1.29, 1.82) is 0 Å². The van der Waals surface area contributed by atoms with Crippen molar-refractivity contribution in [2.45, 2.75) is 13.5 Å². The van der Waals surface area contributed by atoms with Gasteiger partial charge in [-0.2, -0.15) is 0 Å². The molecule has 2 heterocycles. The van der Waals surface area contributed by atoms with Gasteiger partial charge in [-0.15, -0.1) is 10.2 Å². The quantitative estimate of drug-likeness (QED) is 0.573. The van der Waals surface area contributed by atoms with E-state index < -0.39 is 0 Å². The Morgan fingerprint density at radius 1 is 1.12 bits per heavy atom. The van der Waals surface area contributed by atoms with Gasteiger partial charge in [0.05, 0.1) is 17.4 Å². The van der Waals surface area contributed by atoms with Crippen molar-refractivity contribution in [3.63, 3.8) is 0 Å². The molecule has 0 fully saturated rings. The number of fused-ring (bicyclic) bond motifs is 3. The zero-order chi connectivity index (χ0) is 18.3. The molecule has 7 heteroatoms. The number of anilines is 1. The molecule has 0 aliphatic heterocycles. The molecular formula is C19H17N5O2. The van der Waals surface area contributed by atoms with Gasteiger partial charge in [-0.25, -0.2) is 0 Å². The molecule has 2 aromatic carbocycles. The van der Waals surface area contributed by atoms with E-state index in [1.165, 1.54) is 11.5 Å². The maximum atomic E-state index is 12.5. The lowest BCUT2D eigenvalue weighted by atomic mass is 10.1. The van der Waals surface area contributed by atoms with Crippen molar-refractivity contribution in [2.24, 2.45) is 7.05 Å². The molecule has 1 N–H and O–H groups in total. The highest BCUT2D eigenvalue weighted by atomic mass is 16.1. The van der Waals surface area contributed by atoms with Crippen LogP contribution in [-0.2, 0) is 13.6 Å². The molecule has 0 bridgehead atoms. The van der Waals surface area contributed by atoms with E-state index in [2.05, 4.69) is 15.5 Å². The van der Waals surface area contributed by atoms with Gasteiger partial charge in [0.25, 0.3) is 5.56 Å². The predicted molar refractivity (Wildman–Crippen MR) is 99.5 cm³/mol. The van der Waals surface area contributed by atoms with Gasteiger partial charge in [-0.1, -0.05) is 24.3 Å². The number of benzene rings is 2. The van der Waals surface area contributed by atoms with E-state index >= 15 is 0 Å². The maximum Gasteiger partial charge on any atom is 0.262 e. The standard InChI is InChI=1S/C19H17N5O2/c1-12(25)13-6-5-7-14(10-13)20-11-17-21-22-19-23(2)18(26)15-8-3-4-9-16(15)24(17)19/h3-10,20H,11H2,1-2H3. The molecule has 0 radical (unpaired) electrons. The van der Waals surface area contributed by atoms with Crippen molar-refractivity contribution in [1.82, 2.24) is 19.2 Å². The van der Waals surface area contributed by atoms with Crippen LogP contribution in [-0.4, -0.2) is 24.9 Å². The maximum absolute atomic E-state index is 12.5. The smallest absolute Gasteiger partial charge is 0.262 e. The van der Waals surface area contributed by atoms with Crippen LogP contribution in [0.25, 0.3) is 16.7 Å². The zero-order valence-corrected chi connectivity index (χ0v) is 14.4. The second-order valence-electron chi connectivity index (χ2n) is 6.12. The Kier molecular flexibility index (Phi) is 3.76. The third-order valence-electron chi connectivity index (χ3n) is 4.41. The molecule has 0 spiro atoms. The summed E-state index contributed by atoms with van der Waals surface area (Å²) in [7, 11) is 1.69. The Labute approximate surface area is 148 Å². The Hall–Kier alpha value is -3.48. The van der Waals surface area contributed by atoms with Crippen molar-refractivity contribution < 1.29 is 4.79 Å². The summed E-state index contributed by atoms with van der Waals surface area (Å²) >= 11 is 0. The summed E-state index contributed by atoms with van der Waals surface area (Å²) in [4.78, 5) is 24.0. The summed E-state index contributed by atoms with van der Waals surface area (Å²) in [5.74, 6) is 1.19. The molecule has 0 aliphatic rings. The third-order valence-corrected chi connectivity index (χ3v) is 4.41. The molecule has 4 aromatic rings. The number of ketones is 1.